The number of alkyl halides is 3. The van der Waals surface area contributed by atoms with Crippen LogP contribution < -0.4 is 14.9 Å². The van der Waals surface area contributed by atoms with E-state index in [0.717, 1.165) is 18.2 Å². The maximum absolute atomic E-state index is 12.7. The molecule has 2 rings (SSSR count). The summed E-state index contributed by atoms with van der Waals surface area (Å²) < 4.78 is 48.6. The van der Waals surface area contributed by atoms with Crippen LogP contribution in [0.25, 0.3) is 0 Å². The van der Waals surface area contributed by atoms with Gasteiger partial charge in [-0.25, -0.2) is 0 Å². The van der Waals surface area contributed by atoms with Crippen molar-refractivity contribution in [1.29, 1.82) is 0 Å². The first-order valence-electron chi connectivity index (χ1n) is 6.73. The molecule has 0 saturated carbocycles. The maximum atomic E-state index is 12.7. The lowest BCUT2D eigenvalue weighted by Crippen LogP contribution is -2.05. The fraction of sp³-hybridized carbons (Fsp3) is 0.188. The molecule has 0 fully saturated rings. The number of hydrazone groups is 1. The van der Waals surface area contributed by atoms with Crippen molar-refractivity contribution in [3.05, 3.63) is 52.5 Å². The van der Waals surface area contributed by atoms with Crippen LogP contribution in [-0.2, 0) is 6.18 Å². The van der Waals surface area contributed by atoms with Crippen LogP contribution in [0.5, 0.6) is 11.5 Å². The fourth-order valence-electron chi connectivity index (χ4n) is 1.97. The monoisotopic (exact) mass is 358 g/mol. The molecule has 0 aliphatic rings. The molecule has 0 unspecified atom stereocenters. The van der Waals surface area contributed by atoms with E-state index < -0.39 is 11.7 Å². The summed E-state index contributed by atoms with van der Waals surface area (Å²) in [6.45, 7) is 0. The number of anilines is 1. The Balaban J connectivity index is 2.24. The number of nitrogens with one attached hydrogen (secondary N) is 1. The second-order valence-corrected chi connectivity index (χ2v) is 5.05. The van der Waals surface area contributed by atoms with Crippen molar-refractivity contribution in [1.82, 2.24) is 0 Å². The second-order valence-electron chi connectivity index (χ2n) is 4.65. The average Bonchev–Trinajstić information content (AvgIpc) is 2.55. The third-order valence-electron chi connectivity index (χ3n) is 3.12. The van der Waals surface area contributed by atoms with Gasteiger partial charge in [0.15, 0.2) is 11.5 Å². The van der Waals surface area contributed by atoms with E-state index in [-0.39, 0.29) is 10.7 Å². The minimum absolute atomic E-state index is 0.0459. The maximum Gasteiger partial charge on any atom is 0.416 e. The van der Waals surface area contributed by atoms with Crippen molar-refractivity contribution in [3.8, 4) is 11.5 Å². The van der Waals surface area contributed by atoms with Gasteiger partial charge in [-0.15, -0.1) is 0 Å². The summed E-state index contributed by atoms with van der Waals surface area (Å²) in [5.41, 5.74) is 2.32. The zero-order chi connectivity index (χ0) is 17.7. The highest BCUT2D eigenvalue weighted by atomic mass is 35.5. The molecule has 0 atom stereocenters. The summed E-state index contributed by atoms with van der Waals surface area (Å²) >= 11 is 5.89. The van der Waals surface area contributed by atoms with E-state index >= 15 is 0 Å². The molecule has 0 heterocycles. The summed E-state index contributed by atoms with van der Waals surface area (Å²) in [7, 11) is 2.98. The van der Waals surface area contributed by atoms with Gasteiger partial charge in [-0.1, -0.05) is 17.7 Å². The lowest BCUT2D eigenvalue weighted by molar-refractivity contribution is -0.137. The van der Waals surface area contributed by atoms with Crippen molar-refractivity contribution in [2.45, 2.75) is 6.18 Å². The molecular weight excluding hydrogens is 345 g/mol. The first-order chi connectivity index (χ1) is 11.4. The number of halogens is 4. The number of rotatable bonds is 5. The van der Waals surface area contributed by atoms with Crippen molar-refractivity contribution < 1.29 is 22.6 Å². The third-order valence-corrected chi connectivity index (χ3v) is 3.45. The molecule has 0 aromatic heterocycles. The summed E-state index contributed by atoms with van der Waals surface area (Å²) in [4.78, 5) is 0. The van der Waals surface area contributed by atoms with Crippen LogP contribution in [0, 0.1) is 0 Å². The molecule has 0 saturated heterocycles. The highest BCUT2D eigenvalue weighted by molar-refractivity contribution is 6.33. The van der Waals surface area contributed by atoms with Crippen molar-refractivity contribution in [2.24, 2.45) is 5.10 Å². The number of ether oxygens (including phenoxy) is 2. The Morgan fingerprint density at radius 3 is 2.50 bits per heavy atom. The Hall–Kier alpha value is -2.41. The molecule has 2 aromatic rings. The molecule has 128 valence electrons. The number of methoxy groups -OCH3 is 2. The van der Waals surface area contributed by atoms with Crippen LogP contribution in [0.3, 0.4) is 0 Å². The summed E-state index contributed by atoms with van der Waals surface area (Å²) in [6.07, 6.45) is -3.06. The Bertz CT molecular complexity index is 749. The number of benzene rings is 2. The highest BCUT2D eigenvalue weighted by Gasteiger charge is 2.30. The van der Waals surface area contributed by atoms with Crippen molar-refractivity contribution in [3.63, 3.8) is 0 Å². The normalized spacial score (nSPS) is 11.6. The predicted molar refractivity (Wildman–Crippen MR) is 87.2 cm³/mol. The van der Waals surface area contributed by atoms with Gasteiger partial charge in [0.1, 0.15) is 0 Å². The molecule has 1 N–H and O–H groups in total. The van der Waals surface area contributed by atoms with Gasteiger partial charge in [-0.3, -0.25) is 5.43 Å². The molecule has 24 heavy (non-hydrogen) atoms. The zero-order valence-corrected chi connectivity index (χ0v) is 13.6. The van der Waals surface area contributed by atoms with E-state index in [1.165, 1.54) is 20.4 Å². The van der Waals surface area contributed by atoms with Gasteiger partial charge in [0, 0.05) is 5.56 Å². The first-order valence-corrected chi connectivity index (χ1v) is 7.11. The van der Waals surface area contributed by atoms with Gasteiger partial charge >= 0.3 is 6.18 Å². The first kappa shape index (κ1) is 17.9. The predicted octanol–water partition coefficient (Wildman–Crippen LogP) is 4.82. The highest BCUT2D eigenvalue weighted by Crippen LogP contribution is 2.34. The van der Waals surface area contributed by atoms with Crippen LogP contribution in [-0.4, -0.2) is 20.4 Å². The molecule has 2 aromatic carbocycles. The topological polar surface area (TPSA) is 42.8 Å². The molecule has 0 radical (unpaired) electrons. The van der Waals surface area contributed by atoms with E-state index in [9.17, 15) is 13.2 Å². The Morgan fingerprint density at radius 1 is 1.12 bits per heavy atom. The summed E-state index contributed by atoms with van der Waals surface area (Å²) in [5.74, 6) is 0.972. The molecule has 0 aliphatic heterocycles. The molecule has 0 amide bonds. The van der Waals surface area contributed by atoms with Crippen molar-refractivity contribution in [2.75, 3.05) is 19.6 Å². The Labute approximate surface area is 141 Å². The minimum atomic E-state index is -4.46. The van der Waals surface area contributed by atoms with Crippen LogP contribution in [0.1, 0.15) is 11.1 Å². The summed E-state index contributed by atoms with van der Waals surface area (Å²) in [5, 5.41) is 4.04. The smallest absolute Gasteiger partial charge is 0.416 e. The summed E-state index contributed by atoms with van der Waals surface area (Å²) in [6, 6.07) is 8.13. The Morgan fingerprint density at radius 2 is 1.88 bits per heavy atom. The minimum Gasteiger partial charge on any atom is -0.493 e. The van der Waals surface area contributed by atoms with E-state index in [0.29, 0.717) is 17.1 Å². The van der Waals surface area contributed by atoms with E-state index in [1.54, 1.807) is 18.2 Å². The van der Waals surface area contributed by atoms with E-state index in [2.05, 4.69) is 10.5 Å². The number of nitrogens with zero attached hydrogens (tertiary/aromatic N) is 1. The molecule has 0 spiro atoms. The number of hydrogen-bond donors (Lipinski definition) is 1. The molecule has 4 nitrogen and oxygen atoms in total. The van der Waals surface area contributed by atoms with Crippen LogP contribution in [0.4, 0.5) is 18.9 Å². The lowest BCUT2D eigenvalue weighted by Gasteiger charge is -2.11. The van der Waals surface area contributed by atoms with Gasteiger partial charge in [-0.05, 0) is 30.3 Å². The van der Waals surface area contributed by atoms with E-state index in [4.69, 9.17) is 21.1 Å². The number of hydrogen-bond acceptors (Lipinski definition) is 4. The largest absolute Gasteiger partial charge is 0.493 e. The molecule has 8 heteroatoms. The van der Waals surface area contributed by atoms with E-state index in [1.807, 2.05) is 0 Å². The van der Waals surface area contributed by atoms with Crippen LogP contribution in [0.15, 0.2) is 41.5 Å². The fourth-order valence-corrected chi connectivity index (χ4v) is 2.13. The van der Waals surface area contributed by atoms with Gasteiger partial charge < -0.3 is 9.47 Å². The molecule has 0 bridgehead atoms. The van der Waals surface area contributed by atoms with Gasteiger partial charge in [0.2, 0.25) is 0 Å². The average molecular weight is 359 g/mol. The number of para-hydroxylation sites is 1. The quantitative estimate of drug-likeness (QED) is 0.615. The third kappa shape index (κ3) is 4.11. The Kier molecular flexibility index (Phi) is 5.56. The van der Waals surface area contributed by atoms with Crippen LogP contribution in [0.2, 0.25) is 5.02 Å². The van der Waals surface area contributed by atoms with Crippen molar-refractivity contribution >= 4 is 23.5 Å². The molecule has 0 aliphatic carbocycles. The van der Waals surface area contributed by atoms with Gasteiger partial charge in [0.25, 0.3) is 0 Å². The second kappa shape index (κ2) is 7.44. The molecular formula is C16H14ClF3N2O2. The standard InChI is InChI=1S/C16H14ClF3N2O2/c1-23-14-5-3-4-10(15(14)24-2)9-21-22-13-8-11(16(18,19)20)6-7-12(13)17/h3-9,22H,1-2H3/b21-9-. The SMILES string of the molecule is COc1cccc(/C=N\Nc2cc(C(F)(F)F)ccc2Cl)c1OC. The van der Waals surface area contributed by atoms with Gasteiger partial charge in [0.05, 0.1) is 36.7 Å². The zero-order valence-electron chi connectivity index (χ0n) is 12.8. The van der Waals surface area contributed by atoms with Crippen LogP contribution >= 0.6 is 11.6 Å². The van der Waals surface area contributed by atoms with Gasteiger partial charge in [-0.2, -0.15) is 18.3 Å². The lowest BCUT2D eigenvalue weighted by atomic mass is 10.2.